The number of rotatable bonds is 9. The smallest absolute Gasteiger partial charge is 0.338 e. The predicted octanol–water partition coefficient (Wildman–Crippen LogP) is 4.82. The summed E-state index contributed by atoms with van der Waals surface area (Å²) in [5.74, 6) is 0.652. The molecule has 4 heterocycles. The van der Waals surface area contributed by atoms with Gasteiger partial charge in [0.05, 0.1) is 46.1 Å². The number of carbonyl (C=O) groups is 1. The van der Waals surface area contributed by atoms with E-state index in [1.54, 1.807) is 35.8 Å². The van der Waals surface area contributed by atoms with Crippen molar-refractivity contribution in [3.05, 3.63) is 99.6 Å². The number of nitro groups is 1. The molecule has 1 aliphatic heterocycles. The van der Waals surface area contributed by atoms with E-state index in [1.807, 2.05) is 24.4 Å². The number of nitro benzene ring substituents is 1. The molecule has 10 nitrogen and oxygen atoms in total. The first kappa shape index (κ1) is 27.3. The van der Waals surface area contributed by atoms with Crippen molar-refractivity contribution in [2.24, 2.45) is 4.99 Å². The molecule has 0 bridgehead atoms. The molecule has 0 amide bonds. The molecule has 12 heteroatoms. The summed E-state index contributed by atoms with van der Waals surface area (Å²) in [4.78, 5) is 43.6. The summed E-state index contributed by atoms with van der Waals surface area (Å²) in [5, 5.41) is 13.0. The Morgan fingerprint density at radius 2 is 2.08 bits per heavy atom. The van der Waals surface area contributed by atoms with Crippen LogP contribution in [0.5, 0.6) is 5.75 Å². The van der Waals surface area contributed by atoms with E-state index >= 15 is 0 Å². The van der Waals surface area contributed by atoms with Crippen molar-refractivity contribution in [3.63, 3.8) is 0 Å². The monoisotopic (exact) mass is 579 g/mol. The van der Waals surface area contributed by atoms with Crippen LogP contribution in [-0.2, 0) is 9.53 Å². The molecule has 0 fully saturated rings. The maximum atomic E-state index is 13.8. The molecule has 0 aliphatic carbocycles. The lowest BCUT2D eigenvalue weighted by Gasteiger charge is -2.24. The molecule has 0 spiro atoms. The van der Waals surface area contributed by atoms with Crippen LogP contribution in [0.4, 0.5) is 5.69 Å². The number of carbonyl (C=O) groups excluding carboxylic acids is 1. The highest BCUT2D eigenvalue weighted by Gasteiger charge is 2.34. The largest absolute Gasteiger partial charge is 0.496 e. The maximum absolute atomic E-state index is 13.8. The predicted molar refractivity (Wildman–Crippen MR) is 151 cm³/mol. The fourth-order valence-corrected chi connectivity index (χ4v) is 6.36. The average Bonchev–Trinajstić information content (AvgIpc) is 3.70. The van der Waals surface area contributed by atoms with Gasteiger partial charge in [0, 0.05) is 17.0 Å². The Morgan fingerprint density at radius 1 is 1.25 bits per heavy atom. The van der Waals surface area contributed by atoms with E-state index in [9.17, 15) is 19.7 Å². The van der Waals surface area contributed by atoms with Crippen LogP contribution in [0.25, 0.3) is 17.4 Å². The molecule has 0 N–H and O–H groups in total. The SMILES string of the molecule is CCCC1=C(C(=O)OCC)[C@H](c2cccs2)n2c(s/c(=C\c3ccc(-c4ccc([N+](=O)[O-])cc4OC)o3)c2=O)=N1. The second kappa shape index (κ2) is 11.4. The molecular weight excluding hydrogens is 554 g/mol. The molecule has 3 aromatic heterocycles. The van der Waals surface area contributed by atoms with Crippen molar-refractivity contribution in [3.8, 4) is 17.1 Å². The minimum atomic E-state index is -0.643. The number of furan rings is 1. The van der Waals surface area contributed by atoms with Gasteiger partial charge < -0.3 is 13.9 Å². The number of esters is 1. The molecule has 40 heavy (non-hydrogen) atoms. The van der Waals surface area contributed by atoms with E-state index in [2.05, 4.69) is 0 Å². The van der Waals surface area contributed by atoms with Crippen molar-refractivity contribution in [2.75, 3.05) is 13.7 Å². The Labute approximate surface area is 236 Å². The lowest BCUT2D eigenvalue weighted by atomic mass is 9.99. The van der Waals surface area contributed by atoms with Gasteiger partial charge in [-0.1, -0.05) is 30.7 Å². The molecule has 4 aromatic rings. The van der Waals surface area contributed by atoms with Crippen molar-refractivity contribution in [2.45, 2.75) is 32.7 Å². The molecule has 1 aliphatic rings. The molecule has 0 radical (unpaired) electrons. The number of thiazole rings is 1. The minimum Gasteiger partial charge on any atom is -0.496 e. The fraction of sp³-hybridized carbons (Fsp3) is 0.250. The zero-order valence-electron chi connectivity index (χ0n) is 21.9. The van der Waals surface area contributed by atoms with E-state index in [1.165, 1.54) is 41.9 Å². The summed E-state index contributed by atoms with van der Waals surface area (Å²) in [6.45, 7) is 3.97. The number of thiophene rings is 1. The van der Waals surface area contributed by atoms with E-state index in [0.717, 1.165) is 11.3 Å². The van der Waals surface area contributed by atoms with Gasteiger partial charge in [0.15, 0.2) is 4.80 Å². The van der Waals surface area contributed by atoms with Crippen LogP contribution in [0.2, 0.25) is 0 Å². The molecule has 0 unspecified atom stereocenters. The summed E-state index contributed by atoms with van der Waals surface area (Å²) in [7, 11) is 1.43. The summed E-state index contributed by atoms with van der Waals surface area (Å²) in [5.41, 5.74) is 1.15. The Kier molecular flexibility index (Phi) is 7.81. The normalized spacial score (nSPS) is 15.1. The van der Waals surface area contributed by atoms with Crippen LogP contribution < -0.4 is 19.6 Å². The van der Waals surface area contributed by atoms with Gasteiger partial charge in [-0.15, -0.1) is 11.3 Å². The highest BCUT2D eigenvalue weighted by atomic mass is 32.1. The highest BCUT2D eigenvalue weighted by Crippen LogP contribution is 2.36. The van der Waals surface area contributed by atoms with E-state index in [-0.39, 0.29) is 17.9 Å². The number of aromatic nitrogens is 1. The third-order valence-corrected chi connectivity index (χ3v) is 8.17. The molecule has 1 aromatic carbocycles. The zero-order valence-corrected chi connectivity index (χ0v) is 23.5. The number of hydrogen-bond donors (Lipinski definition) is 0. The van der Waals surface area contributed by atoms with Gasteiger partial charge in [0.2, 0.25) is 0 Å². The number of nitrogens with zero attached hydrogens (tertiary/aromatic N) is 3. The Bertz CT molecular complexity index is 1800. The molecule has 1 atom stereocenters. The van der Waals surface area contributed by atoms with Gasteiger partial charge in [-0.05, 0) is 43.0 Å². The first-order valence-corrected chi connectivity index (χ1v) is 14.2. The van der Waals surface area contributed by atoms with Crippen LogP contribution in [-0.4, -0.2) is 29.2 Å². The minimum absolute atomic E-state index is 0.0987. The maximum Gasteiger partial charge on any atom is 0.338 e. The zero-order chi connectivity index (χ0) is 28.4. The van der Waals surface area contributed by atoms with Gasteiger partial charge in [-0.25, -0.2) is 9.79 Å². The van der Waals surface area contributed by atoms with Crippen LogP contribution in [0.15, 0.2) is 73.3 Å². The first-order valence-electron chi connectivity index (χ1n) is 12.5. The molecule has 0 saturated heterocycles. The number of ether oxygens (including phenoxy) is 2. The van der Waals surface area contributed by atoms with Crippen LogP contribution in [0.3, 0.4) is 0 Å². The number of benzene rings is 1. The third-order valence-electron chi connectivity index (χ3n) is 6.27. The second-order valence-electron chi connectivity index (χ2n) is 8.77. The van der Waals surface area contributed by atoms with Crippen LogP contribution in [0.1, 0.15) is 43.4 Å². The molecule has 5 rings (SSSR count). The topological polar surface area (TPSA) is 126 Å². The highest BCUT2D eigenvalue weighted by molar-refractivity contribution is 7.10. The summed E-state index contributed by atoms with van der Waals surface area (Å²) in [6.07, 6.45) is 2.97. The van der Waals surface area contributed by atoms with Gasteiger partial charge in [-0.3, -0.25) is 19.5 Å². The van der Waals surface area contributed by atoms with Crippen LogP contribution in [0, 0.1) is 10.1 Å². The number of fused-ring (bicyclic) bond motifs is 1. The Balaban J connectivity index is 1.62. The molecular formula is C28H25N3O7S2. The number of non-ortho nitro benzene ring substituents is 1. The van der Waals surface area contributed by atoms with Gasteiger partial charge in [-0.2, -0.15) is 0 Å². The summed E-state index contributed by atoms with van der Waals surface area (Å²) in [6, 6.07) is 10.8. The summed E-state index contributed by atoms with van der Waals surface area (Å²) >= 11 is 2.68. The van der Waals surface area contributed by atoms with Gasteiger partial charge >= 0.3 is 5.97 Å². The van der Waals surface area contributed by atoms with E-state index in [0.29, 0.717) is 49.9 Å². The van der Waals surface area contributed by atoms with Gasteiger partial charge in [0.25, 0.3) is 11.2 Å². The van der Waals surface area contributed by atoms with E-state index < -0.39 is 16.9 Å². The number of allylic oxidation sites excluding steroid dienone is 1. The van der Waals surface area contributed by atoms with Gasteiger partial charge in [0.1, 0.15) is 23.3 Å². The average molecular weight is 580 g/mol. The van der Waals surface area contributed by atoms with Crippen LogP contribution >= 0.6 is 22.7 Å². The number of methoxy groups -OCH3 is 1. The lowest BCUT2D eigenvalue weighted by Crippen LogP contribution is -2.39. The van der Waals surface area contributed by atoms with Crippen molar-refractivity contribution >= 4 is 40.4 Å². The summed E-state index contributed by atoms with van der Waals surface area (Å²) < 4.78 is 18.7. The van der Waals surface area contributed by atoms with Crippen molar-refractivity contribution < 1.29 is 23.6 Å². The second-order valence-corrected chi connectivity index (χ2v) is 10.8. The van der Waals surface area contributed by atoms with E-state index in [4.69, 9.17) is 18.9 Å². The first-order chi connectivity index (χ1) is 19.4. The van der Waals surface area contributed by atoms with Crippen molar-refractivity contribution in [1.29, 1.82) is 0 Å². The Morgan fingerprint density at radius 3 is 2.75 bits per heavy atom. The molecule has 0 saturated carbocycles. The molecule has 206 valence electrons. The quantitative estimate of drug-likeness (QED) is 0.158. The third kappa shape index (κ3) is 5.03. The fourth-order valence-electron chi connectivity index (χ4n) is 4.54. The Hall–Kier alpha value is -4.29. The standard InChI is InChI=1S/C28H25N3O7S2/c1-4-7-19-24(27(33)37-5-2)25(22-8-6-13-39-22)30-26(32)23(40-28(30)29-19)15-17-10-12-20(38-17)18-11-9-16(31(34)35)14-21(18)36-3/h6,8-15,25H,4-5,7H2,1-3H3/b23-15-/t25-/m0/s1. The van der Waals surface area contributed by atoms with Crippen molar-refractivity contribution in [1.82, 2.24) is 4.57 Å². The lowest BCUT2D eigenvalue weighted by molar-refractivity contribution is -0.384. The number of hydrogen-bond acceptors (Lipinski definition) is 10.